The molecule has 1 amide bonds. The van der Waals surface area contributed by atoms with Gasteiger partial charge in [0.2, 0.25) is 0 Å². The van der Waals surface area contributed by atoms with Crippen molar-refractivity contribution in [2.24, 2.45) is 11.8 Å². The molecule has 1 aromatic carbocycles. The van der Waals surface area contributed by atoms with Crippen LogP contribution in [0, 0.1) is 18.8 Å². The molecule has 0 spiro atoms. The summed E-state index contributed by atoms with van der Waals surface area (Å²) in [6, 6.07) is 6.12. The highest BCUT2D eigenvalue weighted by molar-refractivity contribution is 7.89. The average Bonchev–Trinajstić information content (AvgIpc) is 3.11. The number of cyclic esters (lactones) is 1. The summed E-state index contributed by atoms with van der Waals surface area (Å²) in [6.07, 6.45) is 14.4. The molecule has 2 saturated carbocycles. The van der Waals surface area contributed by atoms with Crippen molar-refractivity contribution in [3.05, 3.63) is 42.0 Å². The molecule has 3 aliphatic rings. The molecule has 164 valence electrons. The Morgan fingerprint density at radius 3 is 2.13 bits per heavy atom. The van der Waals surface area contributed by atoms with E-state index in [2.05, 4.69) is 6.08 Å². The Bertz CT molecular complexity index is 865. The van der Waals surface area contributed by atoms with Gasteiger partial charge in [0, 0.05) is 0 Å². The predicted octanol–water partition coefficient (Wildman–Crippen LogP) is 5.59. The zero-order chi connectivity index (χ0) is 21.1. The number of nitrogens with zero attached hydrogens (tertiary/aromatic N) is 1. The molecule has 2 aliphatic carbocycles. The second-order valence-electron chi connectivity index (χ2n) is 9.13. The number of ether oxygens (including phenoxy) is 1. The summed E-state index contributed by atoms with van der Waals surface area (Å²) in [5, 5.41) is 0. The van der Waals surface area contributed by atoms with Gasteiger partial charge in [-0.15, -0.1) is 0 Å². The van der Waals surface area contributed by atoms with Crippen LogP contribution in [0.25, 0.3) is 0 Å². The van der Waals surface area contributed by atoms with Crippen LogP contribution in [0.2, 0.25) is 0 Å². The van der Waals surface area contributed by atoms with E-state index in [1.165, 1.54) is 25.7 Å². The van der Waals surface area contributed by atoms with Crippen LogP contribution >= 0.6 is 0 Å². The molecule has 1 saturated heterocycles. The monoisotopic (exact) mass is 431 g/mol. The lowest BCUT2D eigenvalue weighted by Crippen LogP contribution is -2.42. The van der Waals surface area contributed by atoms with Gasteiger partial charge in [-0.1, -0.05) is 68.4 Å². The Morgan fingerprint density at radius 2 is 1.50 bits per heavy atom. The van der Waals surface area contributed by atoms with Crippen molar-refractivity contribution in [3.63, 3.8) is 0 Å². The molecule has 1 heterocycles. The van der Waals surface area contributed by atoms with Crippen molar-refractivity contribution in [1.82, 2.24) is 4.31 Å². The van der Waals surface area contributed by atoms with E-state index >= 15 is 0 Å². The quantitative estimate of drug-likeness (QED) is 0.570. The SMILES string of the molecule is Cc1ccc(S(=O)(=O)N2C(=O)O[C@@H](C3CCCCC3)[C@H]2/C=C/C2CCCCC2)cc1. The molecule has 6 heteroatoms. The average molecular weight is 432 g/mol. The third-order valence-electron chi connectivity index (χ3n) is 6.95. The van der Waals surface area contributed by atoms with Crippen LogP contribution in [0.15, 0.2) is 41.3 Å². The molecule has 5 nitrogen and oxygen atoms in total. The highest BCUT2D eigenvalue weighted by Gasteiger charge is 2.50. The van der Waals surface area contributed by atoms with Crippen LogP contribution in [-0.4, -0.2) is 31.0 Å². The van der Waals surface area contributed by atoms with Crippen molar-refractivity contribution in [3.8, 4) is 0 Å². The van der Waals surface area contributed by atoms with Crippen LogP contribution in [0.3, 0.4) is 0 Å². The Morgan fingerprint density at radius 1 is 0.900 bits per heavy atom. The molecule has 1 aliphatic heterocycles. The molecular weight excluding hydrogens is 398 g/mol. The summed E-state index contributed by atoms with van der Waals surface area (Å²) in [4.78, 5) is 13.0. The summed E-state index contributed by atoms with van der Waals surface area (Å²) in [5.74, 6) is 0.687. The maximum atomic E-state index is 13.4. The summed E-state index contributed by atoms with van der Waals surface area (Å²) in [6.45, 7) is 1.91. The van der Waals surface area contributed by atoms with Gasteiger partial charge in [-0.05, 0) is 56.6 Å². The normalized spacial score (nSPS) is 27.0. The molecule has 1 aromatic rings. The molecule has 0 N–H and O–H groups in total. The summed E-state index contributed by atoms with van der Waals surface area (Å²) in [7, 11) is -3.97. The van der Waals surface area contributed by atoms with Crippen LogP contribution in [0.5, 0.6) is 0 Å². The number of hydrogen-bond acceptors (Lipinski definition) is 4. The van der Waals surface area contributed by atoms with E-state index in [1.54, 1.807) is 24.3 Å². The van der Waals surface area contributed by atoms with Crippen LogP contribution in [-0.2, 0) is 14.8 Å². The summed E-state index contributed by atoms with van der Waals surface area (Å²) in [5.41, 5.74) is 0.978. The lowest BCUT2D eigenvalue weighted by molar-refractivity contribution is 0.0802. The summed E-state index contributed by atoms with van der Waals surface area (Å²) < 4.78 is 33.6. The van der Waals surface area contributed by atoms with E-state index in [-0.39, 0.29) is 10.8 Å². The van der Waals surface area contributed by atoms with Crippen LogP contribution in [0.4, 0.5) is 4.79 Å². The van der Waals surface area contributed by atoms with Crippen molar-refractivity contribution < 1.29 is 17.9 Å². The van der Waals surface area contributed by atoms with Crippen molar-refractivity contribution in [2.75, 3.05) is 0 Å². The lowest BCUT2D eigenvalue weighted by atomic mass is 9.82. The topological polar surface area (TPSA) is 63.7 Å². The van der Waals surface area contributed by atoms with Gasteiger partial charge in [-0.3, -0.25) is 0 Å². The number of rotatable bonds is 5. The number of carbonyl (C=O) groups is 1. The van der Waals surface area contributed by atoms with Gasteiger partial charge in [0.1, 0.15) is 12.1 Å². The first-order valence-electron chi connectivity index (χ1n) is 11.5. The fourth-order valence-corrected chi connectivity index (χ4v) is 6.66. The van der Waals surface area contributed by atoms with Crippen LogP contribution in [0.1, 0.15) is 69.8 Å². The lowest BCUT2D eigenvalue weighted by Gasteiger charge is -2.30. The number of carbonyl (C=O) groups excluding carboxylic acids is 1. The maximum Gasteiger partial charge on any atom is 0.424 e. The molecular formula is C24H33NO4S. The zero-order valence-corrected chi connectivity index (χ0v) is 18.6. The Hall–Kier alpha value is -1.82. The van der Waals surface area contributed by atoms with Crippen molar-refractivity contribution in [2.45, 2.75) is 88.2 Å². The number of benzene rings is 1. The maximum absolute atomic E-state index is 13.4. The first kappa shape index (κ1) is 21.4. The first-order valence-corrected chi connectivity index (χ1v) is 12.9. The second kappa shape index (κ2) is 9.13. The van der Waals surface area contributed by atoms with Gasteiger partial charge in [-0.25, -0.2) is 13.2 Å². The van der Waals surface area contributed by atoms with E-state index in [0.717, 1.165) is 48.4 Å². The number of sulfonamides is 1. The third kappa shape index (κ3) is 4.43. The molecule has 3 fully saturated rings. The molecule has 0 radical (unpaired) electrons. The van der Waals surface area contributed by atoms with Gasteiger partial charge < -0.3 is 4.74 Å². The van der Waals surface area contributed by atoms with E-state index < -0.39 is 28.3 Å². The fourth-order valence-electron chi connectivity index (χ4n) is 5.20. The minimum absolute atomic E-state index is 0.144. The van der Waals surface area contributed by atoms with E-state index in [0.29, 0.717) is 5.92 Å². The smallest absolute Gasteiger partial charge is 0.424 e. The first-order chi connectivity index (χ1) is 14.5. The van der Waals surface area contributed by atoms with E-state index in [4.69, 9.17) is 4.74 Å². The standard InChI is InChI=1S/C24H33NO4S/c1-18-12-15-21(16-13-18)30(27,28)25-22(17-14-19-8-4-2-5-9-19)23(29-24(25)26)20-10-6-3-7-11-20/h12-17,19-20,22-23H,2-11H2,1H3/b17-14+/t22-,23+/m1/s1. The second-order valence-corrected chi connectivity index (χ2v) is 10.9. The molecule has 0 aromatic heterocycles. The zero-order valence-electron chi connectivity index (χ0n) is 17.8. The Labute approximate surface area is 180 Å². The number of allylic oxidation sites excluding steroid dienone is 1. The molecule has 0 unspecified atom stereocenters. The van der Waals surface area contributed by atoms with E-state index in [1.807, 2.05) is 13.0 Å². The third-order valence-corrected chi connectivity index (χ3v) is 8.73. The Balaban J connectivity index is 1.66. The van der Waals surface area contributed by atoms with Gasteiger partial charge in [0.15, 0.2) is 0 Å². The van der Waals surface area contributed by atoms with E-state index in [9.17, 15) is 13.2 Å². The van der Waals surface area contributed by atoms with Gasteiger partial charge in [-0.2, -0.15) is 4.31 Å². The summed E-state index contributed by atoms with van der Waals surface area (Å²) >= 11 is 0. The fraction of sp³-hybridized carbons (Fsp3) is 0.625. The molecule has 4 rings (SSSR count). The highest BCUT2D eigenvalue weighted by Crippen LogP contribution is 2.38. The molecule has 2 atom stereocenters. The minimum atomic E-state index is -3.97. The molecule has 30 heavy (non-hydrogen) atoms. The highest BCUT2D eigenvalue weighted by atomic mass is 32.2. The van der Waals surface area contributed by atoms with Crippen LogP contribution < -0.4 is 0 Å². The number of aryl methyl sites for hydroxylation is 1. The van der Waals surface area contributed by atoms with Gasteiger partial charge in [0.25, 0.3) is 10.0 Å². The minimum Gasteiger partial charge on any atom is -0.442 e. The van der Waals surface area contributed by atoms with Gasteiger partial charge in [0.05, 0.1) is 4.90 Å². The van der Waals surface area contributed by atoms with Crippen molar-refractivity contribution >= 4 is 16.1 Å². The Kier molecular flexibility index (Phi) is 6.51. The number of hydrogen-bond donors (Lipinski definition) is 0. The molecule has 0 bridgehead atoms. The largest absolute Gasteiger partial charge is 0.442 e. The number of amides is 1. The van der Waals surface area contributed by atoms with Crippen molar-refractivity contribution in [1.29, 1.82) is 0 Å². The van der Waals surface area contributed by atoms with Gasteiger partial charge >= 0.3 is 6.09 Å². The predicted molar refractivity (Wildman–Crippen MR) is 117 cm³/mol.